The Hall–Kier alpha value is -2.15. The molecule has 7 heteroatoms. The topological polar surface area (TPSA) is 107 Å². The van der Waals surface area contributed by atoms with Gasteiger partial charge in [-0.2, -0.15) is 0 Å². The Balaban J connectivity index is 2.59. The number of nitro groups is 1. The molecule has 110 valence electrons. The predicted molar refractivity (Wildman–Crippen MR) is 74.3 cm³/mol. The zero-order valence-electron chi connectivity index (χ0n) is 11.8. The number of carbonyl (C=O) groups is 1. The van der Waals surface area contributed by atoms with Crippen molar-refractivity contribution in [3.8, 4) is 0 Å². The zero-order chi connectivity index (χ0) is 15.3. The molecule has 7 nitrogen and oxygen atoms in total. The van der Waals surface area contributed by atoms with E-state index in [4.69, 9.17) is 10.5 Å². The monoisotopic (exact) mass is 281 g/mol. The number of carbonyl (C=O) groups excluding carboxylic acids is 1. The van der Waals surface area contributed by atoms with Gasteiger partial charge in [0, 0.05) is 24.7 Å². The number of nitrogens with one attached hydrogen (secondary N) is 1. The molecule has 1 aromatic rings. The van der Waals surface area contributed by atoms with E-state index in [-0.39, 0.29) is 12.2 Å². The number of nitrogens with two attached hydrogens (primary N) is 1. The minimum Gasteiger partial charge on any atom is -0.444 e. The van der Waals surface area contributed by atoms with Gasteiger partial charge in [-0.25, -0.2) is 4.79 Å². The largest absolute Gasteiger partial charge is 0.444 e. The van der Waals surface area contributed by atoms with Crippen molar-refractivity contribution in [2.75, 3.05) is 6.54 Å². The van der Waals surface area contributed by atoms with Gasteiger partial charge in [-0.05, 0) is 26.3 Å². The Morgan fingerprint density at radius 2 is 2.15 bits per heavy atom. The number of hydrogen-bond acceptors (Lipinski definition) is 5. The number of alkyl carbamates (subject to hydrolysis) is 1. The van der Waals surface area contributed by atoms with Crippen LogP contribution in [0.15, 0.2) is 24.3 Å². The van der Waals surface area contributed by atoms with Gasteiger partial charge in [0.15, 0.2) is 0 Å². The molecule has 1 atom stereocenters. The van der Waals surface area contributed by atoms with Crippen molar-refractivity contribution in [1.29, 1.82) is 0 Å². The zero-order valence-corrected chi connectivity index (χ0v) is 11.8. The first-order valence-corrected chi connectivity index (χ1v) is 6.16. The highest BCUT2D eigenvalue weighted by Gasteiger charge is 2.17. The summed E-state index contributed by atoms with van der Waals surface area (Å²) >= 11 is 0. The number of hydrogen-bond donors (Lipinski definition) is 2. The third-order valence-electron chi connectivity index (χ3n) is 2.37. The molecule has 1 rings (SSSR count). The molecule has 1 unspecified atom stereocenters. The molecule has 0 spiro atoms. The summed E-state index contributed by atoms with van der Waals surface area (Å²) in [6.07, 6.45) is -0.571. The van der Waals surface area contributed by atoms with Gasteiger partial charge < -0.3 is 15.8 Å². The summed E-state index contributed by atoms with van der Waals surface area (Å²) in [6.45, 7) is 5.41. The second kappa shape index (κ2) is 6.33. The van der Waals surface area contributed by atoms with Crippen molar-refractivity contribution in [2.24, 2.45) is 5.73 Å². The fourth-order valence-corrected chi connectivity index (χ4v) is 1.49. The fraction of sp³-hybridized carbons (Fsp3) is 0.462. The Morgan fingerprint density at radius 1 is 1.50 bits per heavy atom. The molecule has 0 radical (unpaired) electrons. The van der Waals surface area contributed by atoms with Gasteiger partial charge in [-0.15, -0.1) is 0 Å². The second-order valence-corrected chi connectivity index (χ2v) is 5.34. The standard InChI is InChI=1S/C13H19N3O4/c1-13(2,3)20-12(17)15-8-11(14)9-5-4-6-10(7-9)16(18)19/h4-7,11H,8,14H2,1-3H3,(H,15,17). The highest BCUT2D eigenvalue weighted by Crippen LogP contribution is 2.17. The highest BCUT2D eigenvalue weighted by atomic mass is 16.6. The van der Waals surface area contributed by atoms with Gasteiger partial charge >= 0.3 is 6.09 Å². The van der Waals surface area contributed by atoms with Crippen molar-refractivity contribution >= 4 is 11.8 Å². The molecule has 0 aromatic heterocycles. The molecule has 0 saturated heterocycles. The van der Waals surface area contributed by atoms with Crippen LogP contribution in [0.2, 0.25) is 0 Å². The molecule has 1 aromatic carbocycles. The van der Waals surface area contributed by atoms with Crippen molar-refractivity contribution < 1.29 is 14.5 Å². The van der Waals surface area contributed by atoms with Crippen LogP contribution in [0.4, 0.5) is 10.5 Å². The lowest BCUT2D eigenvalue weighted by molar-refractivity contribution is -0.384. The smallest absolute Gasteiger partial charge is 0.407 e. The normalized spacial score (nSPS) is 12.6. The quantitative estimate of drug-likeness (QED) is 0.649. The third-order valence-corrected chi connectivity index (χ3v) is 2.37. The van der Waals surface area contributed by atoms with Crippen molar-refractivity contribution in [1.82, 2.24) is 5.32 Å². The van der Waals surface area contributed by atoms with Gasteiger partial charge in [-0.3, -0.25) is 10.1 Å². The van der Waals surface area contributed by atoms with Gasteiger partial charge in [0.2, 0.25) is 0 Å². The Bertz CT molecular complexity index is 497. The minimum atomic E-state index is -0.584. The number of non-ortho nitro benzene ring substituents is 1. The minimum absolute atomic E-state index is 0.0322. The SMILES string of the molecule is CC(C)(C)OC(=O)NCC(N)c1cccc([N+](=O)[O-])c1. The maximum absolute atomic E-state index is 11.5. The predicted octanol–water partition coefficient (Wildman–Crippen LogP) is 2.12. The van der Waals surface area contributed by atoms with E-state index in [0.29, 0.717) is 5.56 Å². The van der Waals surface area contributed by atoms with Crippen LogP contribution in [0.1, 0.15) is 32.4 Å². The van der Waals surface area contributed by atoms with Crippen molar-refractivity contribution in [2.45, 2.75) is 32.4 Å². The number of ether oxygens (including phenoxy) is 1. The summed E-state index contributed by atoms with van der Waals surface area (Å²) in [5, 5.41) is 13.2. The van der Waals surface area contributed by atoms with E-state index in [9.17, 15) is 14.9 Å². The maximum Gasteiger partial charge on any atom is 0.407 e. The van der Waals surface area contributed by atoms with Crippen LogP contribution < -0.4 is 11.1 Å². The Kier molecular flexibility index (Phi) is 5.04. The summed E-state index contributed by atoms with van der Waals surface area (Å²) in [6, 6.07) is 5.47. The first-order valence-electron chi connectivity index (χ1n) is 6.16. The van der Waals surface area contributed by atoms with Crippen LogP contribution in [-0.4, -0.2) is 23.2 Å². The molecule has 0 heterocycles. The maximum atomic E-state index is 11.5. The summed E-state index contributed by atoms with van der Waals surface area (Å²) in [4.78, 5) is 21.7. The van der Waals surface area contributed by atoms with Gasteiger partial charge in [0.1, 0.15) is 5.60 Å². The highest BCUT2D eigenvalue weighted by molar-refractivity contribution is 5.67. The third kappa shape index (κ3) is 5.23. The molecule has 0 aliphatic rings. The van der Waals surface area contributed by atoms with Crippen LogP contribution in [0.5, 0.6) is 0 Å². The van der Waals surface area contributed by atoms with Gasteiger partial charge in [0.25, 0.3) is 5.69 Å². The number of benzene rings is 1. The fourth-order valence-electron chi connectivity index (χ4n) is 1.49. The Morgan fingerprint density at radius 3 is 2.70 bits per heavy atom. The molecule has 20 heavy (non-hydrogen) atoms. The molecular weight excluding hydrogens is 262 g/mol. The van der Waals surface area contributed by atoms with Crippen LogP contribution in [0, 0.1) is 10.1 Å². The van der Waals surface area contributed by atoms with Crippen LogP contribution in [0.25, 0.3) is 0 Å². The van der Waals surface area contributed by atoms with E-state index >= 15 is 0 Å². The lowest BCUT2D eigenvalue weighted by Crippen LogP contribution is -2.36. The van der Waals surface area contributed by atoms with E-state index in [2.05, 4.69) is 5.32 Å². The van der Waals surface area contributed by atoms with E-state index < -0.39 is 22.7 Å². The molecule has 1 amide bonds. The number of nitrogens with zero attached hydrogens (tertiary/aromatic N) is 1. The molecule has 0 aliphatic heterocycles. The lowest BCUT2D eigenvalue weighted by Gasteiger charge is -2.20. The molecular formula is C13H19N3O4. The molecule has 0 aliphatic carbocycles. The number of rotatable bonds is 4. The van der Waals surface area contributed by atoms with Gasteiger partial charge in [0.05, 0.1) is 4.92 Å². The van der Waals surface area contributed by atoms with E-state index in [1.807, 2.05) is 0 Å². The van der Waals surface area contributed by atoms with E-state index in [1.165, 1.54) is 12.1 Å². The summed E-state index contributed by atoms with van der Waals surface area (Å²) in [5.74, 6) is 0. The molecule has 0 saturated carbocycles. The summed E-state index contributed by atoms with van der Waals surface area (Å²) in [7, 11) is 0. The van der Waals surface area contributed by atoms with Crippen LogP contribution in [0.3, 0.4) is 0 Å². The van der Waals surface area contributed by atoms with Crippen LogP contribution >= 0.6 is 0 Å². The average molecular weight is 281 g/mol. The van der Waals surface area contributed by atoms with E-state index in [1.54, 1.807) is 32.9 Å². The van der Waals surface area contributed by atoms with Gasteiger partial charge in [-0.1, -0.05) is 12.1 Å². The summed E-state index contributed by atoms with van der Waals surface area (Å²) < 4.78 is 5.07. The Labute approximate surface area is 117 Å². The lowest BCUT2D eigenvalue weighted by atomic mass is 10.1. The van der Waals surface area contributed by atoms with E-state index in [0.717, 1.165) is 0 Å². The van der Waals surface area contributed by atoms with Crippen molar-refractivity contribution in [3.63, 3.8) is 0 Å². The molecule has 0 fully saturated rings. The van der Waals surface area contributed by atoms with Crippen LogP contribution in [-0.2, 0) is 4.74 Å². The molecule has 0 bridgehead atoms. The number of nitro benzene ring substituents is 1. The van der Waals surface area contributed by atoms with Crippen molar-refractivity contribution in [3.05, 3.63) is 39.9 Å². The first-order chi connectivity index (χ1) is 9.19. The second-order valence-electron chi connectivity index (χ2n) is 5.34. The first kappa shape index (κ1) is 15.9. The molecule has 3 N–H and O–H groups in total. The average Bonchev–Trinajstić information content (AvgIpc) is 2.34. The number of amides is 1. The summed E-state index contributed by atoms with van der Waals surface area (Å²) in [5.41, 5.74) is 5.85.